The van der Waals surface area contributed by atoms with E-state index in [4.69, 9.17) is 5.73 Å². The fourth-order valence-electron chi connectivity index (χ4n) is 2.90. The molecule has 1 aliphatic rings. The van der Waals surface area contributed by atoms with E-state index in [0.717, 1.165) is 45.1 Å². The minimum absolute atomic E-state index is 0.372. The van der Waals surface area contributed by atoms with E-state index in [1.54, 1.807) is 6.33 Å². The molecule has 21 heavy (non-hydrogen) atoms. The van der Waals surface area contributed by atoms with Crippen LogP contribution in [0.4, 0.5) is 0 Å². The van der Waals surface area contributed by atoms with Gasteiger partial charge < -0.3 is 10.6 Å². The Bertz CT molecular complexity index is 416. The van der Waals surface area contributed by atoms with E-state index in [1.165, 1.54) is 13.0 Å². The van der Waals surface area contributed by atoms with Crippen molar-refractivity contribution in [3.8, 4) is 0 Å². The summed E-state index contributed by atoms with van der Waals surface area (Å²) in [5.74, 6) is 1.66. The van der Waals surface area contributed by atoms with Gasteiger partial charge in [-0.2, -0.15) is 5.10 Å². The topological polar surface area (TPSA) is 63.2 Å². The van der Waals surface area contributed by atoms with Gasteiger partial charge in [0, 0.05) is 25.7 Å². The third kappa shape index (κ3) is 4.76. The average molecular weight is 294 g/mol. The minimum atomic E-state index is 0.372. The fourth-order valence-corrected chi connectivity index (χ4v) is 2.90. The quantitative estimate of drug-likeness (QED) is 0.847. The molecule has 1 atom stereocenters. The Morgan fingerprint density at radius 1 is 1.14 bits per heavy atom. The van der Waals surface area contributed by atoms with Gasteiger partial charge in [-0.05, 0) is 45.8 Å². The highest BCUT2D eigenvalue weighted by atomic mass is 15.4. The Morgan fingerprint density at radius 3 is 2.57 bits per heavy atom. The van der Waals surface area contributed by atoms with E-state index in [9.17, 15) is 0 Å². The lowest BCUT2D eigenvalue weighted by atomic mass is 10.1. The molecule has 2 N–H and O–H groups in total. The second-order valence-electron chi connectivity index (χ2n) is 6.49. The maximum atomic E-state index is 5.74. The summed E-state index contributed by atoms with van der Waals surface area (Å²) in [5.41, 5.74) is 5.74. The summed E-state index contributed by atoms with van der Waals surface area (Å²) in [6.07, 6.45) is 2.88. The van der Waals surface area contributed by atoms with Crippen LogP contribution in [0.1, 0.15) is 39.1 Å². The molecule has 0 saturated carbocycles. The molecule has 1 saturated heterocycles. The van der Waals surface area contributed by atoms with Crippen LogP contribution in [0.3, 0.4) is 0 Å². The lowest BCUT2D eigenvalue weighted by Gasteiger charge is -2.24. The third-order valence-electron chi connectivity index (χ3n) is 4.15. The van der Waals surface area contributed by atoms with Crippen LogP contribution in [0.5, 0.6) is 0 Å². The molecule has 1 aromatic heterocycles. The second kappa shape index (κ2) is 7.87. The van der Waals surface area contributed by atoms with Gasteiger partial charge in [0.2, 0.25) is 0 Å². The predicted octanol–water partition coefficient (Wildman–Crippen LogP) is 0.962. The SMILES string of the molecule is CC(CN)CN1CCCN(Cc2ncnn2C(C)C)CC1. The third-order valence-corrected chi connectivity index (χ3v) is 4.15. The van der Waals surface area contributed by atoms with Gasteiger partial charge in [-0.1, -0.05) is 6.92 Å². The molecule has 0 bridgehead atoms. The van der Waals surface area contributed by atoms with Gasteiger partial charge in [-0.25, -0.2) is 9.67 Å². The molecule has 2 rings (SSSR count). The number of aromatic nitrogens is 3. The molecule has 0 aliphatic carbocycles. The van der Waals surface area contributed by atoms with Crippen molar-refractivity contribution in [2.75, 3.05) is 39.3 Å². The van der Waals surface area contributed by atoms with Crippen LogP contribution in [-0.4, -0.2) is 63.8 Å². The standard InChI is InChI=1S/C15H30N6/c1-13(2)21-15(17-12-18-21)11-20-6-4-5-19(7-8-20)10-14(3)9-16/h12-14H,4-11,16H2,1-3H3. The highest BCUT2D eigenvalue weighted by Gasteiger charge is 2.18. The van der Waals surface area contributed by atoms with Gasteiger partial charge in [0.25, 0.3) is 0 Å². The van der Waals surface area contributed by atoms with E-state index in [1.807, 2.05) is 4.68 Å². The van der Waals surface area contributed by atoms with Gasteiger partial charge >= 0.3 is 0 Å². The lowest BCUT2D eigenvalue weighted by Crippen LogP contribution is -2.35. The Balaban J connectivity index is 1.87. The molecular formula is C15H30N6. The number of hydrogen-bond donors (Lipinski definition) is 1. The number of nitrogens with zero attached hydrogens (tertiary/aromatic N) is 5. The lowest BCUT2D eigenvalue weighted by molar-refractivity contribution is 0.227. The van der Waals surface area contributed by atoms with Crippen molar-refractivity contribution in [3.05, 3.63) is 12.2 Å². The van der Waals surface area contributed by atoms with E-state index >= 15 is 0 Å². The van der Waals surface area contributed by atoms with Gasteiger partial charge in [0.1, 0.15) is 12.2 Å². The summed E-state index contributed by atoms with van der Waals surface area (Å²) in [4.78, 5) is 9.47. The van der Waals surface area contributed by atoms with Crippen molar-refractivity contribution >= 4 is 0 Å². The highest BCUT2D eigenvalue weighted by Crippen LogP contribution is 2.11. The molecule has 1 aromatic rings. The van der Waals surface area contributed by atoms with Crippen molar-refractivity contribution in [2.45, 2.75) is 39.8 Å². The van der Waals surface area contributed by atoms with E-state index in [2.05, 4.69) is 40.7 Å². The van der Waals surface area contributed by atoms with Crippen molar-refractivity contribution in [2.24, 2.45) is 11.7 Å². The summed E-state index contributed by atoms with van der Waals surface area (Å²) in [5, 5.41) is 4.32. The molecule has 1 unspecified atom stereocenters. The van der Waals surface area contributed by atoms with Crippen molar-refractivity contribution in [1.82, 2.24) is 24.6 Å². The largest absolute Gasteiger partial charge is 0.330 e. The monoisotopic (exact) mass is 294 g/mol. The first-order valence-corrected chi connectivity index (χ1v) is 8.13. The van der Waals surface area contributed by atoms with Crippen LogP contribution in [0.15, 0.2) is 6.33 Å². The predicted molar refractivity (Wildman–Crippen MR) is 85.0 cm³/mol. The molecule has 0 amide bonds. The van der Waals surface area contributed by atoms with E-state index < -0.39 is 0 Å². The molecule has 0 radical (unpaired) electrons. The molecule has 6 heteroatoms. The van der Waals surface area contributed by atoms with Crippen molar-refractivity contribution in [3.63, 3.8) is 0 Å². The normalized spacial score (nSPS) is 19.9. The van der Waals surface area contributed by atoms with Crippen LogP contribution >= 0.6 is 0 Å². The second-order valence-corrected chi connectivity index (χ2v) is 6.49. The molecule has 6 nitrogen and oxygen atoms in total. The fraction of sp³-hybridized carbons (Fsp3) is 0.867. The van der Waals surface area contributed by atoms with Gasteiger partial charge in [0.15, 0.2) is 0 Å². The molecule has 1 aliphatic heterocycles. The van der Waals surface area contributed by atoms with Crippen LogP contribution in [0.2, 0.25) is 0 Å². The Kier molecular flexibility index (Phi) is 6.14. The first-order valence-electron chi connectivity index (χ1n) is 8.13. The molecule has 2 heterocycles. The summed E-state index contributed by atoms with van der Waals surface area (Å²) < 4.78 is 2.03. The van der Waals surface area contributed by atoms with Crippen molar-refractivity contribution < 1.29 is 0 Å². The van der Waals surface area contributed by atoms with Gasteiger partial charge in [-0.15, -0.1) is 0 Å². The smallest absolute Gasteiger partial charge is 0.141 e. The zero-order valence-corrected chi connectivity index (χ0v) is 13.7. The van der Waals surface area contributed by atoms with Crippen LogP contribution in [-0.2, 0) is 6.54 Å². The average Bonchev–Trinajstić information content (AvgIpc) is 2.81. The van der Waals surface area contributed by atoms with Gasteiger partial charge in [0.05, 0.1) is 6.54 Å². The molecular weight excluding hydrogens is 264 g/mol. The molecule has 0 aromatic carbocycles. The molecule has 1 fully saturated rings. The summed E-state index contributed by atoms with van der Waals surface area (Å²) >= 11 is 0. The van der Waals surface area contributed by atoms with E-state index in [-0.39, 0.29) is 0 Å². The summed E-state index contributed by atoms with van der Waals surface area (Å²) in [6.45, 7) is 13.9. The summed E-state index contributed by atoms with van der Waals surface area (Å²) in [6, 6.07) is 0.372. The molecule has 120 valence electrons. The van der Waals surface area contributed by atoms with Crippen LogP contribution < -0.4 is 5.73 Å². The summed E-state index contributed by atoms with van der Waals surface area (Å²) in [7, 11) is 0. The number of nitrogens with two attached hydrogens (primary N) is 1. The number of rotatable bonds is 6. The van der Waals surface area contributed by atoms with Crippen LogP contribution in [0.25, 0.3) is 0 Å². The van der Waals surface area contributed by atoms with Crippen LogP contribution in [0, 0.1) is 5.92 Å². The Morgan fingerprint density at radius 2 is 1.86 bits per heavy atom. The Hall–Kier alpha value is -0.980. The zero-order chi connectivity index (χ0) is 15.2. The minimum Gasteiger partial charge on any atom is -0.330 e. The maximum absolute atomic E-state index is 5.74. The van der Waals surface area contributed by atoms with Gasteiger partial charge in [-0.3, -0.25) is 4.90 Å². The van der Waals surface area contributed by atoms with Crippen molar-refractivity contribution in [1.29, 1.82) is 0 Å². The van der Waals surface area contributed by atoms with E-state index in [0.29, 0.717) is 12.0 Å². The molecule has 0 spiro atoms. The highest BCUT2D eigenvalue weighted by molar-refractivity contribution is 4.87. The maximum Gasteiger partial charge on any atom is 0.141 e. The first kappa shape index (κ1) is 16.4. The first-order chi connectivity index (χ1) is 10.1. The number of hydrogen-bond acceptors (Lipinski definition) is 5. The zero-order valence-electron chi connectivity index (χ0n) is 13.7. The Labute approximate surface area is 128 Å².